The zero-order valence-electron chi connectivity index (χ0n) is 9.68. The SMILES string of the molecule is Cc1ccc(Sc2ccc(C(=O)O)cc2Br)cc1. The largest absolute Gasteiger partial charge is 0.478 e. The van der Waals surface area contributed by atoms with Crippen LogP contribution in [0.15, 0.2) is 56.7 Å². The second-order valence-electron chi connectivity index (χ2n) is 3.87. The summed E-state index contributed by atoms with van der Waals surface area (Å²) in [5.74, 6) is -0.914. The van der Waals surface area contributed by atoms with Crippen LogP contribution in [0.3, 0.4) is 0 Å². The second-order valence-corrected chi connectivity index (χ2v) is 5.84. The average Bonchev–Trinajstić information content (AvgIpc) is 2.34. The first-order valence-electron chi connectivity index (χ1n) is 5.33. The van der Waals surface area contributed by atoms with Gasteiger partial charge in [-0.2, -0.15) is 0 Å². The normalized spacial score (nSPS) is 10.3. The number of hydrogen-bond acceptors (Lipinski definition) is 2. The molecule has 0 atom stereocenters. The summed E-state index contributed by atoms with van der Waals surface area (Å²) >= 11 is 5.01. The van der Waals surface area contributed by atoms with Gasteiger partial charge < -0.3 is 5.11 Å². The van der Waals surface area contributed by atoms with Gasteiger partial charge in [-0.1, -0.05) is 29.5 Å². The van der Waals surface area contributed by atoms with E-state index in [9.17, 15) is 4.79 Å². The lowest BCUT2D eigenvalue weighted by atomic mass is 10.2. The molecule has 0 aliphatic carbocycles. The molecule has 2 aromatic rings. The molecule has 2 aromatic carbocycles. The number of carbonyl (C=O) groups is 1. The highest BCUT2D eigenvalue weighted by Gasteiger charge is 2.07. The van der Waals surface area contributed by atoms with Gasteiger partial charge in [0.05, 0.1) is 5.56 Å². The lowest BCUT2D eigenvalue weighted by molar-refractivity contribution is 0.0696. The summed E-state index contributed by atoms with van der Waals surface area (Å²) in [5.41, 5.74) is 1.51. The van der Waals surface area contributed by atoms with Crippen LogP contribution in [0, 0.1) is 6.92 Å². The molecule has 0 radical (unpaired) electrons. The van der Waals surface area contributed by atoms with Gasteiger partial charge in [0.2, 0.25) is 0 Å². The molecular weight excluding hydrogens is 312 g/mol. The highest BCUT2D eigenvalue weighted by molar-refractivity contribution is 9.10. The van der Waals surface area contributed by atoms with E-state index in [1.54, 1.807) is 23.9 Å². The van der Waals surface area contributed by atoms with Crippen LogP contribution in [-0.4, -0.2) is 11.1 Å². The topological polar surface area (TPSA) is 37.3 Å². The predicted molar refractivity (Wildman–Crippen MR) is 76.4 cm³/mol. The van der Waals surface area contributed by atoms with Crippen molar-refractivity contribution in [2.45, 2.75) is 16.7 Å². The van der Waals surface area contributed by atoms with E-state index >= 15 is 0 Å². The molecular formula is C14H11BrO2S. The molecule has 0 aliphatic rings. The van der Waals surface area contributed by atoms with Gasteiger partial charge in [0.15, 0.2) is 0 Å². The minimum absolute atomic E-state index is 0.287. The number of rotatable bonds is 3. The third kappa shape index (κ3) is 3.15. The van der Waals surface area contributed by atoms with Crippen LogP contribution < -0.4 is 0 Å². The number of halogens is 1. The molecule has 1 N–H and O–H groups in total. The van der Waals surface area contributed by atoms with Crippen molar-refractivity contribution in [3.8, 4) is 0 Å². The number of aromatic carboxylic acids is 1. The van der Waals surface area contributed by atoms with Gasteiger partial charge in [0.25, 0.3) is 0 Å². The Morgan fingerprint density at radius 1 is 1.17 bits per heavy atom. The Morgan fingerprint density at radius 2 is 1.83 bits per heavy atom. The molecule has 0 unspecified atom stereocenters. The van der Waals surface area contributed by atoms with E-state index in [-0.39, 0.29) is 5.56 Å². The zero-order valence-corrected chi connectivity index (χ0v) is 12.1. The monoisotopic (exact) mass is 322 g/mol. The maximum atomic E-state index is 10.8. The second kappa shape index (κ2) is 5.59. The highest BCUT2D eigenvalue weighted by atomic mass is 79.9. The Hall–Kier alpha value is -1.26. The number of hydrogen-bond donors (Lipinski definition) is 1. The van der Waals surface area contributed by atoms with Gasteiger partial charge in [-0.15, -0.1) is 0 Å². The molecule has 2 nitrogen and oxygen atoms in total. The van der Waals surface area contributed by atoms with Crippen molar-refractivity contribution in [1.82, 2.24) is 0 Å². The maximum absolute atomic E-state index is 10.8. The van der Waals surface area contributed by atoms with Crippen molar-refractivity contribution in [2.75, 3.05) is 0 Å². The van der Waals surface area contributed by atoms with E-state index in [0.29, 0.717) is 0 Å². The minimum atomic E-state index is -0.914. The van der Waals surface area contributed by atoms with Crippen molar-refractivity contribution < 1.29 is 9.90 Å². The van der Waals surface area contributed by atoms with Crippen LogP contribution in [0.25, 0.3) is 0 Å². The summed E-state index contributed by atoms with van der Waals surface area (Å²) in [6.45, 7) is 2.05. The molecule has 0 saturated heterocycles. The molecule has 4 heteroatoms. The van der Waals surface area contributed by atoms with Crippen LogP contribution in [-0.2, 0) is 0 Å². The molecule has 2 rings (SSSR count). The molecule has 0 saturated carbocycles. The Kier molecular flexibility index (Phi) is 4.09. The molecule has 0 spiro atoms. The smallest absolute Gasteiger partial charge is 0.335 e. The molecule has 18 heavy (non-hydrogen) atoms. The molecule has 92 valence electrons. The lowest BCUT2D eigenvalue weighted by Crippen LogP contribution is -1.95. The van der Waals surface area contributed by atoms with E-state index in [0.717, 1.165) is 14.3 Å². The van der Waals surface area contributed by atoms with Crippen LogP contribution in [0.4, 0.5) is 0 Å². The van der Waals surface area contributed by atoms with Crippen LogP contribution in [0.1, 0.15) is 15.9 Å². The number of carboxylic acids is 1. The van der Waals surface area contributed by atoms with E-state index in [1.165, 1.54) is 5.56 Å². The minimum Gasteiger partial charge on any atom is -0.478 e. The van der Waals surface area contributed by atoms with Gasteiger partial charge in [-0.25, -0.2) is 4.79 Å². The van der Waals surface area contributed by atoms with Gasteiger partial charge in [-0.05, 0) is 53.2 Å². The molecule has 0 aliphatic heterocycles. The third-order valence-corrected chi connectivity index (χ3v) is 4.43. The van der Waals surface area contributed by atoms with Gasteiger partial charge in [0, 0.05) is 14.3 Å². The summed E-state index contributed by atoms with van der Waals surface area (Å²) in [7, 11) is 0. The van der Waals surface area contributed by atoms with Crippen molar-refractivity contribution in [1.29, 1.82) is 0 Å². The Labute approximate surface area is 118 Å². The van der Waals surface area contributed by atoms with Gasteiger partial charge in [0.1, 0.15) is 0 Å². The predicted octanol–water partition coefficient (Wildman–Crippen LogP) is 4.61. The summed E-state index contributed by atoms with van der Waals surface area (Å²) in [6, 6.07) is 13.3. The van der Waals surface area contributed by atoms with Crippen molar-refractivity contribution in [3.05, 3.63) is 58.1 Å². The highest BCUT2D eigenvalue weighted by Crippen LogP contribution is 2.34. The van der Waals surface area contributed by atoms with Crippen molar-refractivity contribution in [2.24, 2.45) is 0 Å². The Morgan fingerprint density at radius 3 is 2.39 bits per heavy atom. The number of aryl methyl sites for hydroxylation is 1. The van der Waals surface area contributed by atoms with E-state index in [2.05, 4.69) is 40.2 Å². The molecule has 0 aromatic heterocycles. The third-order valence-electron chi connectivity index (χ3n) is 2.43. The van der Waals surface area contributed by atoms with Gasteiger partial charge >= 0.3 is 5.97 Å². The van der Waals surface area contributed by atoms with E-state index < -0.39 is 5.97 Å². The first-order chi connectivity index (χ1) is 8.56. The first kappa shape index (κ1) is 13.2. The van der Waals surface area contributed by atoms with Crippen LogP contribution in [0.5, 0.6) is 0 Å². The molecule has 0 fully saturated rings. The van der Waals surface area contributed by atoms with E-state index in [4.69, 9.17) is 5.11 Å². The average molecular weight is 323 g/mol. The molecule has 0 amide bonds. The summed E-state index contributed by atoms with van der Waals surface area (Å²) in [6.07, 6.45) is 0. The fourth-order valence-corrected chi connectivity index (χ4v) is 2.89. The lowest BCUT2D eigenvalue weighted by Gasteiger charge is -2.05. The fraction of sp³-hybridized carbons (Fsp3) is 0.0714. The number of benzene rings is 2. The molecule has 0 heterocycles. The summed E-state index contributed by atoms with van der Waals surface area (Å²) in [4.78, 5) is 13.0. The number of carboxylic acid groups (broad SMARTS) is 1. The van der Waals surface area contributed by atoms with Gasteiger partial charge in [-0.3, -0.25) is 0 Å². The fourth-order valence-electron chi connectivity index (χ4n) is 1.45. The first-order valence-corrected chi connectivity index (χ1v) is 6.94. The summed E-state index contributed by atoms with van der Waals surface area (Å²) in [5, 5.41) is 8.89. The molecule has 0 bridgehead atoms. The Bertz CT molecular complexity index is 579. The van der Waals surface area contributed by atoms with Crippen LogP contribution >= 0.6 is 27.7 Å². The van der Waals surface area contributed by atoms with Crippen molar-refractivity contribution in [3.63, 3.8) is 0 Å². The van der Waals surface area contributed by atoms with Crippen molar-refractivity contribution >= 4 is 33.7 Å². The Balaban J connectivity index is 2.24. The zero-order chi connectivity index (χ0) is 13.1. The van der Waals surface area contributed by atoms with E-state index in [1.807, 2.05) is 13.0 Å². The van der Waals surface area contributed by atoms with Crippen LogP contribution in [0.2, 0.25) is 0 Å². The quantitative estimate of drug-likeness (QED) is 0.896. The maximum Gasteiger partial charge on any atom is 0.335 e. The summed E-state index contributed by atoms with van der Waals surface area (Å²) < 4.78 is 0.799. The standard InChI is InChI=1S/C14H11BrO2S/c1-9-2-5-11(6-3-9)18-13-7-4-10(14(16)17)8-12(13)15/h2-8H,1H3,(H,16,17).